The van der Waals surface area contributed by atoms with E-state index in [1.54, 1.807) is 13.4 Å². The van der Waals surface area contributed by atoms with E-state index < -0.39 is 0 Å². The van der Waals surface area contributed by atoms with Crippen LogP contribution in [0.1, 0.15) is 18.9 Å². The van der Waals surface area contributed by atoms with Crippen molar-refractivity contribution in [2.75, 3.05) is 24.3 Å². The average Bonchev–Trinajstić information content (AvgIpc) is 2.49. The van der Waals surface area contributed by atoms with Gasteiger partial charge in [0.25, 0.3) is 0 Å². The van der Waals surface area contributed by atoms with E-state index in [-0.39, 0.29) is 0 Å². The highest BCUT2D eigenvalue weighted by atomic mass is 16.5. The van der Waals surface area contributed by atoms with Crippen LogP contribution in [0.3, 0.4) is 0 Å². The Labute approximate surface area is 119 Å². The molecule has 0 fully saturated rings. The van der Waals surface area contributed by atoms with Crippen molar-refractivity contribution in [3.05, 3.63) is 36.2 Å². The summed E-state index contributed by atoms with van der Waals surface area (Å²) in [6.45, 7) is 5.03. The monoisotopic (exact) mass is 272 g/mol. The smallest absolute Gasteiger partial charge is 0.138 e. The molecule has 0 radical (unpaired) electrons. The third-order valence-electron chi connectivity index (χ3n) is 2.98. The predicted octanol–water partition coefficient (Wildman–Crippen LogP) is 3.36. The molecule has 0 saturated heterocycles. The van der Waals surface area contributed by atoms with E-state index in [2.05, 4.69) is 27.5 Å². The molecule has 0 aliphatic heterocycles. The first kappa shape index (κ1) is 14.1. The zero-order valence-electron chi connectivity index (χ0n) is 12.1. The maximum Gasteiger partial charge on any atom is 0.138 e. The van der Waals surface area contributed by atoms with Crippen molar-refractivity contribution >= 4 is 17.3 Å². The lowest BCUT2D eigenvalue weighted by molar-refractivity contribution is 0.415. The molecular formula is C15H20N4O. The van der Waals surface area contributed by atoms with Crippen LogP contribution in [-0.2, 0) is 0 Å². The Kier molecular flexibility index (Phi) is 4.76. The molecule has 0 bridgehead atoms. The molecule has 5 nitrogen and oxygen atoms in total. The molecule has 2 N–H and O–H groups in total. The Morgan fingerprint density at radius 1 is 1.10 bits per heavy atom. The minimum Gasteiger partial charge on any atom is -0.497 e. The zero-order chi connectivity index (χ0) is 14.4. The summed E-state index contributed by atoms with van der Waals surface area (Å²) < 4.78 is 5.14. The highest BCUT2D eigenvalue weighted by Crippen LogP contribution is 2.23. The highest BCUT2D eigenvalue weighted by Gasteiger charge is 2.06. The third kappa shape index (κ3) is 3.38. The fourth-order valence-electron chi connectivity index (χ4n) is 1.81. The fourth-order valence-corrected chi connectivity index (χ4v) is 1.81. The molecule has 0 aliphatic rings. The molecule has 2 rings (SSSR count). The number of nitrogens with one attached hydrogen (secondary N) is 2. The summed E-state index contributed by atoms with van der Waals surface area (Å²) in [6.07, 6.45) is 2.63. The minimum atomic E-state index is 0.809. The topological polar surface area (TPSA) is 59.1 Å². The average molecular weight is 272 g/mol. The third-order valence-corrected chi connectivity index (χ3v) is 2.98. The first-order valence-corrected chi connectivity index (χ1v) is 6.71. The van der Waals surface area contributed by atoms with Gasteiger partial charge in [-0.3, -0.25) is 0 Å². The fraction of sp³-hybridized carbons (Fsp3) is 0.333. The summed E-state index contributed by atoms with van der Waals surface area (Å²) in [5.41, 5.74) is 1.98. The largest absolute Gasteiger partial charge is 0.497 e. The molecule has 0 unspecified atom stereocenters. The van der Waals surface area contributed by atoms with Crippen LogP contribution in [0.25, 0.3) is 0 Å². The lowest BCUT2D eigenvalue weighted by Crippen LogP contribution is -2.06. The second-order valence-electron chi connectivity index (χ2n) is 4.48. The molecule has 1 heterocycles. The van der Waals surface area contributed by atoms with Crippen LogP contribution in [0.5, 0.6) is 5.75 Å². The van der Waals surface area contributed by atoms with Gasteiger partial charge in [0.15, 0.2) is 0 Å². The Morgan fingerprint density at radius 3 is 2.45 bits per heavy atom. The summed E-state index contributed by atoms with van der Waals surface area (Å²) >= 11 is 0. The van der Waals surface area contributed by atoms with E-state index >= 15 is 0 Å². The molecule has 0 spiro atoms. The summed E-state index contributed by atoms with van der Waals surface area (Å²) in [7, 11) is 1.66. The van der Waals surface area contributed by atoms with E-state index in [1.807, 2.05) is 31.2 Å². The van der Waals surface area contributed by atoms with Crippen molar-refractivity contribution in [2.24, 2.45) is 0 Å². The summed E-state index contributed by atoms with van der Waals surface area (Å²) in [5.74, 6) is 2.52. The second-order valence-corrected chi connectivity index (χ2v) is 4.48. The molecule has 2 aromatic rings. The Balaban J connectivity index is 2.15. The van der Waals surface area contributed by atoms with Gasteiger partial charge >= 0.3 is 0 Å². The van der Waals surface area contributed by atoms with Crippen molar-refractivity contribution in [1.82, 2.24) is 9.97 Å². The van der Waals surface area contributed by atoms with Crippen molar-refractivity contribution in [2.45, 2.75) is 20.3 Å². The lowest BCUT2D eigenvalue weighted by atomic mass is 10.2. The second kappa shape index (κ2) is 6.75. The highest BCUT2D eigenvalue weighted by molar-refractivity contribution is 5.64. The summed E-state index contributed by atoms with van der Waals surface area (Å²) in [5, 5.41) is 6.59. The molecule has 106 valence electrons. The molecule has 0 aliphatic carbocycles. The van der Waals surface area contributed by atoms with E-state index in [4.69, 9.17) is 4.74 Å². The SMILES string of the molecule is CCCNc1ncnc(Nc2ccc(OC)cc2)c1C. The van der Waals surface area contributed by atoms with Crippen LogP contribution in [0, 0.1) is 6.92 Å². The Hall–Kier alpha value is -2.30. The number of anilines is 3. The van der Waals surface area contributed by atoms with E-state index in [0.717, 1.165) is 41.6 Å². The number of benzene rings is 1. The van der Waals surface area contributed by atoms with Crippen LogP contribution in [0.15, 0.2) is 30.6 Å². The van der Waals surface area contributed by atoms with Gasteiger partial charge in [-0.15, -0.1) is 0 Å². The standard InChI is InChI=1S/C15H20N4O/c1-4-9-16-14-11(2)15(18-10-17-14)19-12-5-7-13(20-3)8-6-12/h5-8,10H,4,9H2,1-3H3,(H2,16,17,18,19). The van der Waals surface area contributed by atoms with Gasteiger partial charge in [-0.1, -0.05) is 6.92 Å². The van der Waals surface area contributed by atoms with Gasteiger partial charge < -0.3 is 15.4 Å². The lowest BCUT2D eigenvalue weighted by Gasteiger charge is -2.12. The van der Waals surface area contributed by atoms with Crippen LogP contribution >= 0.6 is 0 Å². The number of nitrogens with zero attached hydrogens (tertiary/aromatic N) is 2. The maximum absolute atomic E-state index is 5.14. The van der Waals surface area contributed by atoms with Gasteiger partial charge in [0.2, 0.25) is 0 Å². The predicted molar refractivity (Wildman–Crippen MR) is 81.8 cm³/mol. The molecule has 0 saturated carbocycles. The summed E-state index contributed by atoms with van der Waals surface area (Å²) in [6, 6.07) is 7.74. The van der Waals surface area contributed by atoms with Gasteiger partial charge in [0, 0.05) is 17.8 Å². The van der Waals surface area contributed by atoms with Gasteiger partial charge in [0.1, 0.15) is 23.7 Å². The number of ether oxygens (including phenoxy) is 1. The van der Waals surface area contributed by atoms with Crippen LogP contribution in [-0.4, -0.2) is 23.6 Å². The van der Waals surface area contributed by atoms with Crippen LogP contribution < -0.4 is 15.4 Å². The molecule has 5 heteroatoms. The Morgan fingerprint density at radius 2 is 1.80 bits per heavy atom. The first-order valence-electron chi connectivity index (χ1n) is 6.71. The molecule has 20 heavy (non-hydrogen) atoms. The number of methoxy groups -OCH3 is 1. The van der Waals surface area contributed by atoms with Gasteiger partial charge in [-0.25, -0.2) is 9.97 Å². The number of rotatable bonds is 6. The van der Waals surface area contributed by atoms with Crippen molar-refractivity contribution < 1.29 is 4.74 Å². The van der Waals surface area contributed by atoms with Crippen molar-refractivity contribution in [3.8, 4) is 5.75 Å². The van der Waals surface area contributed by atoms with E-state index in [1.165, 1.54) is 0 Å². The van der Waals surface area contributed by atoms with Gasteiger partial charge in [0.05, 0.1) is 7.11 Å². The molecular weight excluding hydrogens is 252 g/mol. The maximum atomic E-state index is 5.14. The molecule has 0 amide bonds. The van der Waals surface area contributed by atoms with Crippen molar-refractivity contribution in [1.29, 1.82) is 0 Å². The van der Waals surface area contributed by atoms with Crippen LogP contribution in [0.2, 0.25) is 0 Å². The van der Waals surface area contributed by atoms with Crippen molar-refractivity contribution in [3.63, 3.8) is 0 Å². The quantitative estimate of drug-likeness (QED) is 0.844. The molecule has 1 aromatic heterocycles. The number of aromatic nitrogens is 2. The zero-order valence-corrected chi connectivity index (χ0v) is 12.1. The Bertz CT molecular complexity index is 554. The number of hydrogen-bond donors (Lipinski definition) is 2. The normalized spacial score (nSPS) is 10.2. The van der Waals surface area contributed by atoms with Crippen LogP contribution in [0.4, 0.5) is 17.3 Å². The van der Waals surface area contributed by atoms with E-state index in [9.17, 15) is 0 Å². The van der Waals surface area contributed by atoms with E-state index in [0.29, 0.717) is 0 Å². The van der Waals surface area contributed by atoms with Gasteiger partial charge in [-0.05, 0) is 37.6 Å². The van der Waals surface area contributed by atoms with Gasteiger partial charge in [-0.2, -0.15) is 0 Å². The molecule has 0 atom stereocenters. The molecule has 1 aromatic carbocycles. The first-order chi connectivity index (χ1) is 9.74. The minimum absolute atomic E-state index is 0.809. The summed E-state index contributed by atoms with van der Waals surface area (Å²) in [4.78, 5) is 8.55. The number of hydrogen-bond acceptors (Lipinski definition) is 5.